The average Bonchev–Trinajstić information content (AvgIpc) is 2.53. The summed E-state index contributed by atoms with van der Waals surface area (Å²) in [5.74, 6) is -0.935. The van der Waals surface area contributed by atoms with Crippen LogP contribution in [0.15, 0.2) is 42.5 Å². The van der Waals surface area contributed by atoms with Crippen molar-refractivity contribution in [3.63, 3.8) is 0 Å². The van der Waals surface area contributed by atoms with Gasteiger partial charge in [0.1, 0.15) is 24.2 Å². The van der Waals surface area contributed by atoms with E-state index in [1.54, 1.807) is 43.3 Å². The first kappa shape index (κ1) is 14.3. The minimum atomic E-state index is -0.817. The van der Waals surface area contributed by atoms with E-state index in [-0.39, 0.29) is 18.0 Å². The molecular weight excluding hydrogens is 285 g/mol. The fourth-order valence-electron chi connectivity index (χ4n) is 2.40. The highest BCUT2D eigenvalue weighted by Gasteiger charge is 2.30. The quantitative estimate of drug-likeness (QED) is 0.927. The SMILES string of the molecule is Cc1cccc(C(=O)N[C@H]2COc3ccccc3C2=O)c1F. The molecule has 0 fully saturated rings. The number of carbonyl (C=O) groups excluding carboxylic acids is 2. The zero-order chi connectivity index (χ0) is 15.7. The number of para-hydroxylation sites is 1. The maximum absolute atomic E-state index is 14.0. The van der Waals surface area contributed by atoms with E-state index in [4.69, 9.17) is 4.74 Å². The first-order chi connectivity index (χ1) is 10.6. The molecule has 5 heteroatoms. The largest absolute Gasteiger partial charge is 0.490 e. The van der Waals surface area contributed by atoms with Crippen LogP contribution < -0.4 is 10.1 Å². The van der Waals surface area contributed by atoms with Gasteiger partial charge in [0.25, 0.3) is 5.91 Å². The molecule has 1 amide bonds. The van der Waals surface area contributed by atoms with Crippen LogP contribution in [-0.2, 0) is 0 Å². The van der Waals surface area contributed by atoms with E-state index in [0.717, 1.165) is 0 Å². The number of Topliss-reactive ketones (excluding diaryl/α,β-unsaturated/α-hetero) is 1. The maximum Gasteiger partial charge on any atom is 0.254 e. The molecule has 0 radical (unpaired) electrons. The molecule has 1 atom stereocenters. The van der Waals surface area contributed by atoms with E-state index in [0.29, 0.717) is 16.9 Å². The topological polar surface area (TPSA) is 55.4 Å². The average molecular weight is 299 g/mol. The van der Waals surface area contributed by atoms with Crippen LogP contribution in [0.2, 0.25) is 0 Å². The molecule has 22 heavy (non-hydrogen) atoms. The standard InChI is InChI=1S/C17H14FNO3/c1-10-5-4-7-12(15(10)18)17(21)19-13-9-22-14-8-3-2-6-11(14)16(13)20/h2-8,13H,9H2,1H3,(H,19,21)/t13-/m0/s1. The van der Waals surface area contributed by atoms with Crippen molar-refractivity contribution in [2.45, 2.75) is 13.0 Å². The van der Waals surface area contributed by atoms with Crippen LogP contribution in [0, 0.1) is 12.7 Å². The Kier molecular flexibility index (Phi) is 3.63. The predicted octanol–water partition coefficient (Wildman–Crippen LogP) is 2.51. The Morgan fingerprint density at radius 3 is 2.82 bits per heavy atom. The summed E-state index contributed by atoms with van der Waals surface area (Å²) >= 11 is 0. The van der Waals surface area contributed by atoms with Gasteiger partial charge in [0.15, 0.2) is 5.78 Å². The number of nitrogens with one attached hydrogen (secondary N) is 1. The Morgan fingerprint density at radius 1 is 1.23 bits per heavy atom. The van der Waals surface area contributed by atoms with Crippen LogP contribution in [0.4, 0.5) is 4.39 Å². The number of hydrogen-bond acceptors (Lipinski definition) is 3. The second-order valence-electron chi connectivity index (χ2n) is 5.13. The number of ether oxygens (including phenoxy) is 1. The summed E-state index contributed by atoms with van der Waals surface area (Å²) in [6, 6.07) is 10.6. The summed E-state index contributed by atoms with van der Waals surface area (Å²) in [6.45, 7) is 1.62. The van der Waals surface area contributed by atoms with Crippen molar-refractivity contribution in [3.05, 3.63) is 65.0 Å². The molecule has 1 aliphatic rings. The molecule has 4 nitrogen and oxygen atoms in total. The van der Waals surface area contributed by atoms with Crippen molar-refractivity contribution < 1.29 is 18.7 Å². The third-order valence-corrected chi connectivity index (χ3v) is 3.62. The number of amides is 1. The molecule has 0 bridgehead atoms. The molecule has 3 rings (SSSR count). The molecule has 0 aliphatic carbocycles. The Bertz CT molecular complexity index is 757. The van der Waals surface area contributed by atoms with Gasteiger partial charge in [-0.3, -0.25) is 9.59 Å². The van der Waals surface area contributed by atoms with Crippen LogP contribution in [0.5, 0.6) is 5.75 Å². The van der Waals surface area contributed by atoms with Crippen molar-refractivity contribution in [2.75, 3.05) is 6.61 Å². The summed E-state index contributed by atoms with van der Waals surface area (Å²) in [4.78, 5) is 24.5. The third-order valence-electron chi connectivity index (χ3n) is 3.62. The molecule has 0 saturated carbocycles. The molecule has 1 N–H and O–H groups in total. The zero-order valence-electron chi connectivity index (χ0n) is 11.9. The van der Waals surface area contributed by atoms with Gasteiger partial charge in [-0.2, -0.15) is 0 Å². The van der Waals surface area contributed by atoms with E-state index >= 15 is 0 Å². The lowest BCUT2D eigenvalue weighted by Gasteiger charge is -2.24. The Labute approximate surface area is 126 Å². The lowest BCUT2D eigenvalue weighted by Crippen LogP contribution is -2.47. The number of carbonyl (C=O) groups is 2. The van der Waals surface area contributed by atoms with Gasteiger partial charge in [-0.15, -0.1) is 0 Å². The molecule has 0 saturated heterocycles. The minimum absolute atomic E-state index is 0.0367. The van der Waals surface area contributed by atoms with Crippen LogP contribution >= 0.6 is 0 Å². The number of hydrogen-bond donors (Lipinski definition) is 1. The lowest BCUT2D eigenvalue weighted by molar-refractivity contribution is 0.0793. The highest BCUT2D eigenvalue weighted by Crippen LogP contribution is 2.24. The molecule has 2 aromatic carbocycles. The number of ketones is 1. The third kappa shape index (κ3) is 2.45. The van der Waals surface area contributed by atoms with Crippen molar-refractivity contribution in [3.8, 4) is 5.75 Å². The molecule has 0 spiro atoms. The Hall–Kier alpha value is -2.69. The highest BCUT2D eigenvalue weighted by atomic mass is 19.1. The summed E-state index contributed by atoms with van der Waals surface area (Å²) in [7, 11) is 0. The second kappa shape index (κ2) is 5.60. The second-order valence-corrected chi connectivity index (χ2v) is 5.13. The van der Waals surface area contributed by atoms with Crippen LogP contribution in [0.3, 0.4) is 0 Å². The maximum atomic E-state index is 14.0. The van der Waals surface area contributed by atoms with Crippen LogP contribution in [0.1, 0.15) is 26.3 Å². The van der Waals surface area contributed by atoms with Gasteiger partial charge in [0, 0.05) is 0 Å². The smallest absolute Gasteiger partial charge is 0.254 e. The van der Waals surface area contributed by atoms with E-state index in [9.17, 15) is 14.0 Å². The Morgan fingerprint density at radius 2 is 2.00 bits per heavy atom. The zero-order valence-corrected chi connectivity index (χ0v) is 11.9. The summed E-state index contributed by atoms with van der Waals surface area (Å²) < 4.78 is 19.4. The Balaban J connectivity index is 1.81. The van der Waals surface area contributed by atoms with Crippen molar-refractivity contribution in [1.82, 2.24) is 5.32 Å². The van der Waals surface area contributed by atoms with E-state index in [1.165, 1.54) is 6.07 Å². The summed E-state index contributed by atoms with van der Waals surface area (Å²) in [6.07, 6.45) is 0. The van der Waals surface area contributed by atoms with Crippen LogP contribution in [-0.4, -0.2) is 24.3 Å². The van der Waals surface area contributed by atoms with Gasteiger partial charge in [0.2, 0.25) is 0 Å². The monoisotopic (exact) mass is 299 g/mol. The fourth-order valence-corrected chi connectivity index (χ4v) is 2.40. The van der Waals surface area contributed by atoms with Crippen molar-refractivity contribution >= 4 is 11.7 Å². The number of benzene rings is 2. The predicted molar refractivity (Wildman–Crippen MR) is 78.7 cm³/mol. The van der Waals surface area contributed by atoms with Crippen LogP contribution in [0.25, 0.3) is 0 Å². The van der Waals surface area contributed by atoms with Gasteiger partial charge in [-0.25, -0.2) is 4.39 Å². The lowest BCUT2D eigenvalue weighted by atomic mass is 10.0. The van der Waals surface area contributed by atoms with E-state index in [2.05, 4.69) is 5.32 Å². The number of fused-ring (bicyclic) bond motifs is 1. The van der Waals surface area contributed by atoms with E-state index in [1.807, 2.05) is 0 Å². The highest BCUT2D eigenvalue weighted by molar-refractivity contribution is 6.06. The first-order valence-electron chi connectivity index (χ1n) is 6.90. The number of rotatable bonds is 2. The van der Waals surface area contributed by atoms with E-state index < -0.39 is 17.8 Å². The summed E-state index contributed by atoms with van der Waals surface area (Å²) in [5.41, 5.74) is 0.722. The molecule has 2 aromatic rings. The molecule has 0 aromatic heterocycles. The fraction of sp³-hybridized carbons (Fsp3) is 0.176. The molecule has 1 aliphatic heterocycles. The van der Waals surface area contributed by atoms with Gasteiger partial charge in [-0.1, -0.05) is 24.3 Å². The van der Waals surface area contributed by atoms with Gasteiger partial charge >= 0.3 is 0 Å². The van der Waals surface area contributed by atoms with Gasteiger partial charge in [-0.05, 0) is 30.7 Å². The molecule has 1 heterocycles. The van der Waals surface area contributed by atoms with Crippen molar-refractivity contribution in [2.24, 2.45) is 0 Å². The van der Waals surface area contributed by atoms with Gasteiger partial charge < -0.3 is 10.1 Å². The summed E-state index contributed by atoms with van der Waals surface area (Å²) in [5, 5.41) is 2.54. The van der Waals surface area contributed by atoms with Crippen molar-refractivity contribution in [1.29, 1.82) is 0 Å². The molecule has 0 unspecified atom stereocenters. The van der Waals surface area contributed by atoms with Gasteiger partial charge in [0.05, 0.1) is 11.1 Å². The number of halogens is 1. The minimum Gasteiger partial charge on any atom is -0.490 e. The molecular formula is C17H14FNO3. The normalized spacial score (nSPS) is 16.6. The number of aryl methyl sites for hydroxylation is 1. The first-order valence-corrected chi connectivity index (χ1v) is 6.90. The molecule has 112 valence electrons.